The lowest BCUT2D eigenvalue weighted by Crippen LogP contribution is -2.62. The highest BCUT2D eigenvalue weighted by Crippen LogP contribution is 2.26. The SMILES string of the molecule is CC[C@H](O)C(C)C[C@@H]1NC(=O)[C@H](Cc2ccccc2)NC(=O)[C@H](CC(=O)O)NC(=O)[C@H](CCC(=O)O)NC(=O)[C@H]2CSCc3cc(cc(c3)CN(C)C[C@H](NC(=O)[C@H](C)N)C(=O)N[C@H](C)C(=O)N[C@@H](CC(N)=O)C(=O)N[C@@H](CCC(=O)O)C(=O)N[C@@H](Cc3cccc4ccccc34)C(=O)N[C@H](C)C(=O)N2)CN(C)C[C@@H](C(N)=O)NC(=O)[C@H](C(C)(C)C)NC(=O)[C@H](CC(=O)O)NC1=O. The molecule has 1 unspecified atom stereocenters. The number of likely N-dealkylation sites (N-methyl/N-ethyl adjacent to an activating group) is 2. The van der Waals surface area contributed by atoms with Crippen LogP contribution in [0.15, 0.2) is 91.0 Å². The summed E-state index contributed by atoms with van der Waals surface area (Å²) in [5.74, 6) is -26.8. The van der Waals surface area contributed by atoms with Crippen molar-refractivity contribution in [2.45, 2.75) is 242 Å². The van der Waals surface area contributed by atoms with Gasteiger partial charge in [0.2, 0.25) is 94.5 Å². The van der Waals surface area contributed by atoms with E-state index in [9.17, 15) is 102 Å². The van der Waals surface area contributed by atoms with E-state index in [1.165, 1.54) is 67.8 Å². The number of nitrogens with one attached hydrogen (secondary N) is 14. The van der Waals surface area contributed by atoms with E-state index in [0.717, 1.165) is 18.7 Å². The van der Waals surface area contributed by atoms with Crippen LogP contribution in [0.4, 0.5) is 0 Å². The zero-order valence-electron chi connectivity index (χ0n) is 74.9. The van der Waals surface area contributed by atoms with Gasteiger partial charge in [0.15, 0.2) is 0 Å². The Balaban J connectivity index is 1.60. The van der Waals surface area contributed by atoms with Gasteiger partial charge in [-0.1, -0.05) is 126 Å². The number of aliphatic hydroxyl groups excluding tert-OH is 1. The molecule has 0 fully saturated rings. The van der Waals surface area contributed by atoms with E-state index in [0.29, 0.717) is 38.6 Å². The van der Waals surface area contributed by atoms with Gasteiger partial charge in [-0.15, -0.1) is 0 Å². The standard InChI is InChI=1S/C87H121N19O25S/c1-11-65(107)43(2)28-56-79(124)100-61(36-70(115)116)83(128)104-71(87(6,7)8)86(131)101-62(72(90)117)39-105(9)37-48-29-49-31-50(30-48)41-132-42-64(85(130)94-55(25-27-68(111)112)77(122)99-60(35-69(113)114)82(127)97-57(80(125)96-56)32-47-18-13-12-14-19-47)103-75(120)46(5)91-78(123)58(33-52-22-17-21-51-20-15-16-23-53(51)52)98-76(121)54(24-26-67(109)110)93-81(126)59(34-66(89)108)95-74(119)45(4)92-84(129)63(40-106(10)38-49)102-73(118)44(3)88/h12-23,29-31,43-46,54-65,71,107H,11,24-28,32-42,88H2,1-10H3,(H2,89,108)(H2,90,117)(H,91,123)(H,92,129)(H,93,126)(H,94,130)(H,95,119)(H,96,125)(H,97,127)(H,98,121)(H,99,122)(H,100,124)(H,101,131)(H,102,118)(H,103,120)(H,104,128)(H,109,110)(H,111,112)(H,113,114)(H,115,116)/t43?,44-,45+,46+,54-,55-,56-,57-,58-,59-,60-,61-,62-,63-,64+,65-,71+/m0/s1. The lowest BCUT2D eigenvalue weighted by Gasteiger charge is -2.33. The Morgan fingerprint density at radius 3 is 1.45 bits per heavy atom. The maximum Gasteiger partial charge on any atom is 0.305 e. The Bertz CT molecular complexity index is 4880. The second kappa shape index (κ2) is 50.8. The molecule has 4 bridgehead atoms. The van der Waals surface area contributed by atoms with Crippen LogP contribution in [0.25, 0.3) is 10.8 Å². The van der Waals surface area contributed by atoms with Crippen LogP contribution in [0.5, 0.6) is 0 Å². The number of benzene rings is 4. The summed E-state index contributed by atoms with van der Waals surface area (Å²) >= 11 is 0.943. The third kappa shape index (κ3) is 34.9. The largest absolute Gasteiger partial charge is 0.481 e. The molecule has 17 atom stereocenters. The van der Waals surface area contributed by atoms with Crippen LogP contribution in [0.2, 0.25) is 0 Å². The maximum atomic E-state index is 15.4. The molecule has 2 heterocycles. The lowest BCUT2D eigenvalue weighted by molar-refractivity contribution is -0.143. The fraction of sp³-hybridized carbons (Fsp3) is 0.517. The highest BCUT2D eigenvalue weighted by molar-refractivity contribution is 7.98. The van der Waals surface area contributed by atoms with E-state index in [2.05, 4.69) is 74.4 Å². The first-order valence-corrected chi connectivity index (χ1v) is 43.9. The van der Waals surface area contributed by atoms with Crippen molar-refractivity contribution in [3.63, 3.8) is 0 Å². The third-order valence-electron chi connectivity index (χ3n) is 21.6. The van der Waals surface area contributed by atoms with Crippen molar-refractivity contribution in [3.05, 3.63) is 119 Å². The molecule has 4 aromatic carbocycles. The van der Waals surface area contributed by atoms with Crippen LogP contribution in [0, 0.1) is 11.3 Å². The van der Waals surface area contributed by atoms with Crippen molar-refractivity contribution in [1.29, 1.82) is 0 Å². The average Bonchev–Trinajstić information content (AvgIpc) is 0.815. The second-order valence-corrected chi connectivity index (χ2v) is 35.2. The van der Waals surface area contributed by atoms with E-state index >= 15 is 19.2 Å². The quantitative estimate of drug-likeness (QED) is 0.0333. The number of carboxylic acids is 4. The number of thioether (sulfide) groups is 1. The van der Waals surface area contributed by atoms with Crippen molar-refractivity contribution in [2.24, 2.45) is 28.5 Å². The highest BCUT2D eigenvalue weighted by Gasteiger charge is 2.42. The number of amides is 16. The van der Waals surface area contributed by atoms with Crippen molar-refractivity contribution < 1.29 is 121 Å². The normalized spacial score (nSPS) is 24.8. The number of hydrogen-bond acceptors (Lipinski definition) is 25. The fourth-order valence-corrected chi connectivity index (χ4v) is 15.5. The molecule has 2 aliphatic heterocycles. The summed E-state index contributed by atoms with van der Waals surface area (Å²) in [6.45, 7) is 10.3. The number of rotatable bonds is 23. The molecule has 0 aliphatic carbocycles. The van der Waals surface area contributed by atoms with Gasteiger partial charge in [0.25, 0.3) is 0 Å². The van der Waals surface area contributed by atoms with Gasteiger partial charge in [-0.05, 0) is 110 Å². The molecule has 44 nitrogen and oxygen atoms in total. The Morgan fingerprint density at radius 1 is 0.485 bits per heavy atom. The van der Waals surface area contributed by atoms with Gasteiger partial charge in [0.1, 0.15) is 84.6 Å². The Kier molecular flexibility index (Phi) is 41.4. The van der Waals surface area contributed by atoms with E-state index in [4.69, 9.17) is 17.2 Å². The predicted molar refractivity (Wildman–Crippen MR) is 476 cm³/mol. The molecule has 2 aliphatic rings. The Morgan fingerprint density at radius 2 is 0.924 bits per heavy atom. The topological polar surface area (TPSA) is 696 Å². The lowest BCUT2D eigenvalue weighted by atomic mass is 9.85. The summed E-state index contributed by atoms with van der Waals surface area (Å²) < 4.78 is 0. The van der Waals surface area contributed by atoms with Crippen molar-refractivity contribution in [3.8, 4) is 0 Å². The van der Waals surface area contributed by atoms with Crippen LogP contribution in [0.3, 0.4) is 0 Å². The summed E-state index contributed by atoms with van der Waals surface area (Å²) in [6.07, 6.45) is -9.05. The smallest absolute Gasteiger partial charge is 0.305 e. The number of carbonyl (C=O) groups excluding carboxylic acids is 16. The number of nitrogens with two attached hydrogens (primary N) is 3. The van der Waals surface area contributed by atoms with Crippen molar-refractivity contribution in [2.75, 3.05) is 32.9 Å². The van der Waals surface area contributed by atoms with Gasteiger partial charge in [-0.3, -0.25) is 106 Å². The molecule has 25 N–H and O–H groups in total. The first kappa shape index (κ1) is 107. The highest BCUT2D eigenvalue weighted by atomic mass is 32.2. The number of aliphatic carboxylic acids is 4. The monoisotopic (exact) mass is 1860 g/mol. The fourth-order valence-electron chi connectivity index (χ4n) is 14.5. The van der Waals surface area contributed by atoms with Crippen LogP contribution >= 0.6 is 11.8 Å². The number of carboxylic acid groups (broad SMARTS) is 4. The minimum Gasteiger partial charge on any atom is -0.481 e. The summed E-state index contributed by atoms with van der Waals surface area (Å²) in [6, 6.07) is -2.33. The van der Waals surface area contributed by atoms with Gasteiger partial charge in [-0.25, -0.2) is 0 Å². The Hall–Kier alpha value is -13.3. The molecule has 16 amide bonds. The first-order valence-electron chi connectivity index (χ1n) is 42.7. The molecule has 0 aromatic heterocycles. The van der Waals surface area contributed by atoms with E-state index in [-0.39, 0.29) is 38.4 Å². The number of nitrogens with zero attached hydrogens (tertiary/aromatic N) is 2. The van der Waals surface area contributed by atoms with Crippen LogP contribution in [-0.4, -0.2) is 283 Å². The van der Waals surface area contributed by atoms with E-state index < -0.39 is 296 Å². The molecule has 6 rings (SSSR count). The minimum absolute atomic E-state index is 0.0975. The van der Waals surface area contributed by atoms with Crippen LogP contribution in [-0.2, 0) is 128 Å². The average molecular weight is 1870 g/mol. The van der Waals surface area contributed by atoms with Crippen molar-refractivity contribution >= 4 is 141 Å². The molecular weight excluding hydrogens is 1740 g/mol. The molecular formula is C87H121N19O25S. The molecule has 4 aromatic rings. The molecule has 0 spiro atoms. The van der Waals surface area contributed by atoms with Gasteiger partial charge >= 0.3 is 23.9 Å². The number of fused-ring (bicyclic) bond motifs is 6. The minimum atomic E-state index is -2.22. The molecule has 0 saturated heterocycles. The summed E-state index contributed by atoms with van der Waals surface area (Å²) in [5, 5.41) is 87.3. The third-order valence-corrected chi connectivity index (χ3v) is 22.7. The zero-order chi connectivity index (χ0) is 98.3. The van der Waals surface area contributed by atoms with Crippen LogP contribution < -0.4 is 91.6 Å². The molecule has 45 heteroatoms. The summed E-state index contributed by atoms with van der Waals surface area (Å²) in [7, 11) is 3.05. The maximum absolute atomic E-state index is 15.4. The number of carbonyl (C=O) groups is 20. The first-order chi connectivity index (χ1) is 62.0. The van der Waals surface area contributed by atoms with E-state index in [1.54, 1.807) is 95.6 Å². The molecule has 132 heavy (non-hydrogen) atoms. The number of aliphatic hydroxyl groups is 1. The Labute approximate surface area is 764 Å². The summed E-state index contributed by atoms with van der Waals surface area (Å²) in [5.41, 5.74) is 18.3. The number of primary amides is 2. The van der Waals surface area contributed by atoms with Gasteiger partial charge < -0.3 is 117 Å². The predicted octanol–water partition coefficient (Wildman–Crippen LogP) is -4.49. The van der Waals surface area contributed by atoms with E-state index in [1.807, 2.05) is 0 Å². The summed E-state index contributed by atoms with van der Waals surface area (Å²) in [4.78, 5) is 286. The van der Waals surface area contributed by atoms with Crippen molar-refractivity contribution in [1.82, 2.24) is 84.2 Å². The second-order valence-electron chi connectivity index (χ2n) is 34.2. The number of hydrogen-bond donors (Lipinski definition) is 22. The molecule has 0 radical (unpaired) electrons. The van der Waals surface area contributed by atoms with Gasteiger partial charge in [0, 0.05) is 63.4 Å². The zero-order valence-corrected chi connectivity index (χ0v) is 75.7. The molecule has 0 saturated carbocycles. The van der Waals surface area contributed by atoms with Crippen LogP contribution in [0.1, 0.15) is 141 Å². The molecule has 720 valence electrons. The van der Waals surface area contributed by atoms with Gasteiger partial charge in [0.05, 0.1) is 31.4 Å². The van der Waals surface area contributed by atoms with Gasteiger partial charge in [-0.2, -0.15) is 11.8 Å².